The Balaban J connectivity index is 1.76. The molecule has 0 fully saturated rings. The van der Waals surface area contributed by atoms with Gasteiger partial charge in [0, 0.05) is 43.7 Å². The maximum atomic E-state index is 13.1. The molecular formula is C19H22FN3. The third-order valence-electron chi connectivity index (χ3n) is 4.30. The molecule has 0 unspecified atom stereocenters. The van der Waals surface area contributed by atoms with E-state index in [1.54, 1.807) is 6.33 Å². The van der Waals surface area contributed by atoms with Crippen molar-refractivity contribution in [2.24, 2.45) is 0 Å². The molecule has 0 spiro atoms. The normalized spacial score (nSPS) is 15.0. The Morgan fingerprint density at radius 2 is 2.04 bits per heavy atom. The Labute approximate surface area is 136 Å². The van der Waals surface area contributed by atoms with Crippen LogP contribution in [-0.4, -0.2) is 28.0 Å². The van der Waals surface area contributed by atoms with Crippen molar-refractivity contribution in [3.8, 4) is 0 Å². The van der Waals surface area contributed by atoms with Crippen LogP contribution in [0.2, 0.25) is 0 Å². The van der Waals surface area contributed by atoms with Gasteiger partial charge in [0.1, 0.15) is 12.1 Å². The Morgan fingerprint density at radius 1 is 1.22 bits per heavy atom. The van der Waals surface area contributed by atoms with Gasteiger partial charge in [-0.2, -0.15) is 0 Å². The van der Waals surface area contributed by atoms with Crippen molar-refractivity contribution in [2.45, 2.75) is 32.7 Å². The summed E-state index contributed by atoms with van der Waals surface area (Å²) in [5.74, 6) is -0.200. The molecule has 0 amide bonds. The zero-order chi connectivity index (χ0) is 16.1. The largest absolute Gasteiger partial charge is 0.298 e. The molecule has 1 aromatic carbocycles. The fraction of sp³-hybridized carbons (Fsp3) is 0.368. The Kier molecular flexibility index (Phi) is 5.13. The summed E-state index contributed by atoms with van der Waals surface area (Å²) in [4.78, 5) is 11.4. The van der Waals surface area contributed by atoms with Crippen molar-refractivity contribution in [3.05, 3.63) is 71.1 Å². The third-order valence-corrected chi connectivity index (χ3v) is 4.30. The van der Waals surface area contributed by atoms with Gasteiger partial charge in [0.2, 0.25) is 0 Å². The van der Waals surface area contributed by atoms with E-state index in [9.17, 15) is 4.39 Å². The molecule has 3 rings (SSSR count). The minimum absolute atomic E-state index is 0.200. The molecule has 0 saturated carbocycles. The molecule has 23 heavy (non-hydrogen) atoms. The lowest BCUT2D eigenvalue weighted by molar-refractivity contribution is 0.255. The monoisotopic (exact) mass is 311 g/mol. The van der Waals surface area contributed by atoms with Crippen LogP contribution < -0.4 is 0 Å². The van der Waals surface area contributed by atoms with E-state index in [1.807, 2.05) is 12.1 Å². The summed E-state index contributed by atoms with van der Waals surface area (Å²) < 4.78 is 13.1. The number of aromatic nitrogens is 2. The zero-order valence-electron chi connectivity index (χ0n) is 13.5. The first-order chi connectivity index (χ1) is 11.3. The number of nitrogens with zero attached hydrogens (tertiary/aromatic N) is 3. The highest BCUT2D eigenvalue weighted by atomic mass is 19.1. The first-order valence-electron chi connectivity index (χ1n) is 8.16. The SMILES string of the molecule is CC=CCCN1CCc2ncnc(Cc3ccc(F)cc3)c2C1. The first kappa shape index (κ1) is 15.8. The van der Waals surface area contributed by atoms with Gasteiger partial charge >= 0.3 is 0 Å². The smallest absolute Gasteiger partial charge is 0.123 e. The van der Waals surface area contributed by atoms with Crippen LogP contribution in [0.15, 0.2) is 42.7 Å². The van der Waals surface area contributed by atoms with E-state index in [-0.39, 0.29) is 5.82 Å². The zero-order valence-corrected chi connectivity index (χ0v) is 13.5. The van der Waals surface area contributed by atoms with E-state index >= 15 is 0 Å². The lowest BCUT2D eigenvalue weighted by Crippen LogP contribution is -2.32. The molecule has 0 N–H and O–H groups in total. The molecule has 120 valence electrons. The number of hydrogen-bond acceptors (Lipinski definition) is 3. The fourth-order valence-corrected chi connectivity index (χ4v) is 3.02. The molecular weight excluding hydrogens is 289 g/mol. The summed E-state index contributed by atoms with van der Waals surface area (Å²) in [7, 11) is 0. The maximum Gasteiger partial charge on any atom is 0.123 e. The van der Waals surface area contributed by atoms with Crippen LogP contribution in [0.5, 0.6) is 0 Å². The molecule has 4 heteroatoms. The molecule has 0 atom stereocenters. The molecule has 1 aliphatic heterocycles. The average Bonchev–Trinajstić information content (AvgIpc) is 2.58. The van der Waals surface area contributed by atoms with Gasteiger partial charge in [-0.3, -0.25) is 4.90 Å². The minimum Gasteiger partial charge on any atom is -0.298 e. The highest BCUT2D eigenvalue weighted by Gasteiger charge is 2.20. The lowest BCUT2D eigenvalue weighted by Gasteiger charge is -2.28. The van der Waals surface area contributed by atoms with Crippen LogP contribution in [0.1, 0.15) is 35.9 Å². The number of allylic oxidation sites excluding steroid dienone is 1. The predicted octanol–water partition coefficient (Wildman–Crippen LogP) is 3.53. The highest BCUT2D eigenvalue weighted by Crippen LogP contribution is 2.22. The van der Waals surface area contributed by atoms with Crippen LogP contribution in [0, 0.1) is 5.82 Å². The number of halogens is 1. The van der Waals surface area contributed by atoms with Crippen LogP contribution in [0.3, 0.4) is 0 Å². The molecule has 3 nitrogen and oxygen atoms in total. The van der Waals surface area contributed by atoms with Crippen molar-refractivity contribution in [1.29, 1.82) is 0 Å². The van der Waals surface area contributed by atoms with Gasteiger partial charge in [-0.05, 0) is 31.0 Å². The van der Waals surface area contributed by atoms with Gasteiger partial charge in [-0.1, -0.05) is 24.3 Å². The van der Waals surface area contributed by atoms with Gasteiger partial charge in [0.15, 0.2) is 0 Å². The number of benzene rings is 1. The second kappa shape index (κ2) is 7.47. The van der Waals surface area contributed by atoms with E-state index in [2.05, 4.69) is 33.9 Å². The van der Waals surface area contributed by atoms with Gasteiger partial charge < -0.3 is 0 Å². The second-order valence-corrected chi connectivity index (χ2v) is 5.93. The Morgan fingerprint density at radius 3 is 2.83 bits per heavy atom. The summed E-state index contributed by atoms with van der Waals surface area (Å²) in [6.45, 7) is 5.08. The van der Waals surface area contributed by atoms with E-state index in [0.717, 1.165) is 50.2 Å². The Bertz CT molecular complexity index is 680. The van der Waals surface area contributed by atoms with Crippen LogP contribution in [0.25, 0.3) is 0 Å². The first-order valence-corrected chi connectivity index (χ1v) is 8.16. The molecule has 1 aliphatic rings. The lowest BCUT2D eigenvalue weighted by atomic mass is 9.99. The van der Waals surface area contributed by atoms with Crippen molar-refractivity contribution in [2.75, 3.05) is 13.1 Å². The number of hydrogen-bond donors (Lipinski definition) is 0. The molecule has 2 aromatic rings. The predicted molar refractivity (Wildman–Crippen MR) is 89.7 cm³/mol. The summed E-state index contributed by atoms with van der Waals surface area (Å²) in [6.07, 6.45) is 8.75. The standard InChI is InChI=1S/C19H22FN3/c1-2-3-4-10-23-11-9-18-17(13-23)19(22-14-21-18)12-15-5-7-16(20)8-6-15/h2-3,5-8,14H,4,9-13H2,1H3. The van der Waals surface area contributed by atoms with Crippen LogP contribution in [-0.2, 0) is 19.4 Å². The summed E-state index contributed by atoms with van der Waals surface area (Å²) >= 11 is 0. The van der Waals surface area contributed by atoms with E-state index in [1.165, 1.54) is 23.4 Å². The van der Waals surface area contributed by atoms with Gasteiger partial charge in [0.25, 0.3) is 0 Å². The molecule has 0 radical (unpaired) electrons. The van der Waals surface area contributed by atoms with Crippen molar-refractivity contribution >= 4 is 0 Å². The Hall–Kier alpha value is -2.07. The minimum atomic E-state index is -0.200. The van der Waals surface area contributed by atoms with Gasteiger partial charge in [-0.15, -0.1) is 0 Å². The van der Waals surface area contributed by atoms with E-state index in [0.29, 0.717) is 0 Å². The van der Waals surface area contributed by atoms with Crippen LogP contribution >= 0.6 is 0 Å². The maximum absolute atomic E-state index is 13.1. The van der Waals surface area contributed by atoms with Crippen molar-refractivity contribution in [1.82, 2.24) is 14.9 Å². The number of fused-ring (bicyclic) bond motifs is 1. The summed E-state index contributed by atoms with van der Waals surface area (Å²) in [5, 5.41) is 0. The van der Waals surface area contributed by atoms with Crippen LogP contribution in [0.4, 0.5) is 4.39 Å². The topological polar surface area (TPSA) is 29.0 Å². The second-order valence-electron chi connectivity index (χ2n) is 5.93. The quantitative estimate of drug-likeness (QED) is 0.791. The summed E-state index contributed by atoms with van der Waals surface area (Å²) in [5.41, 5.74) is 4.57. The van der Waals surface area contributed by atoms with E-state index in [4.69, 9.17) is 0 Å². The molecule has 1 aromatic heterocycles. The average molecular weight is 311 g/mol. The van der Waals surface area contributed by atoms with Gasteiger partial charge in [0.05, 0.1) is 5.69 Å². The molecule has 0 saturated heterocycles. The fourth-order valence-electron chi connectivity index (χ4n) is 3.02. The van der Waals surface area contributed by atoms with Crippen molar-refractivity contribution < 1.29 is 4.39 Å². The molecule has 0 bridgehead atoms. The summed E-state index contributed by atoms with van der Waals surface area (Å²) in [6, 6.07) is 6.67. The third kappa shape index (κ3) is 4.02. The molecule has 0 aliphatic carbocycles. The van der Waals surface area contributed by atoms with E-state index < -0.39 is 0 Å². The van der Waals surface area contributed by atoms with Gasteiger partial charge in [-0.25, -0.2) is 14.4 Å². The molecule has 2 heterocycles. The number of rotatable bonds is 5. The van der Waals surface area contributed by atoms with Crippen molar-refractivity contribution in [3.63, 3.8) is 0 Å². The highest BCUT2D eigenvalue weighted by molar-refractivity contribution is 5.31.